The third-order valence-corrected chi connectivity index (χ3v) is 8.24. The van der Waals surface area contributed by atoms with Gasteiger partial charge in [0, 0.05) is 47.6 Å². The van der Waals surface area contributed by atoms with Gasteiger partial charge in [0.05, 0.1) is 10.8 Å². The molecule has 2 aliphatic heterocycles. The zero-order valence-electron chi connectivity index (χ0n) is 29.9. The highest BCUT2D eigenvalue weighted by atomic mass is 35.5. The summed E-state index contributed by atoms with van der Waals surface area (Å²) in [4.78, 5) is 51.1. The Morgan fingerprint density at radius 2 is 1.12 bits per heavy atom. The normalized spacial score (nSPS) is 20.8. The number of anilines is 2. The molecule has 0 bridgehead atoms. The number of carboxylic acid groups (broad SMARTS) is 1. The Morgan fingerprint density at radius 1 is 0.735 bits per heavy atom. The lowest BCUT2D eigenvalue weighted by molar-refractivity contribution is -0.150. The number of carbonyl (C=O) groups excluding carboxylic acids is 3. The van der Waals surface area contributed by atoms with Crippen molar-refractivity contribution in [1.82, 2.24) is 9.80 Å². The summed E-state index contributed by atoms with van der Waals surface area (Å²) in [6.07, 6.45) is 2.00. The van der Waals surface area contributed by atoms with E-state index in [4.69, 9.17) is 43.5 Å². The molecule has 2 saturated heterocycles. The van der Waals surface area contributed by atoms with Crippen LogP contribution in [-0.2, 0) is 19.1 Å². The number of nitrogens with zero attached hydrogens (tertiary/aromatic N) is 2. The maximum absolute atomic E-state index is 12.7. The number of halogens is 2. The number of likely N-dealkylation sites (tertiary alicyclic amines) is 2. The van der Waals surface area contributed by atoms with Gasteiger partial charge in [-0.3, -0.25) is 9.59 Å². The van der Waals surface area contributed by atoms with Crippen LogP contribution in [0.5, 0.6) is 0 Å². The second-order valence-corrected chi connectivity index (χ2v) is 15.8. The van der Waals surface area contributed by atoms with Crippen LogP contribution >= 0.6 is 23.2 Å². The molecule has 2 unspecified atom stereocenters. The van der Waals surface area contributed by atoms with E-state index in [1.165, 1.54) is 4.90 Å². The summed E-state index contributed by atoms with van der Waals surface area (Å²) in [5.41, 5.74) is 4.22. The number of nitrogen functional groups attached to an aromatic ring is 1. The second-order valence-electron chi connectivity index (χ2n) is 14.9. The number of nitrogens with one attached hydrogen (secondary N) is 1. The molecule has 272 valence electrons. The SMILES string of the molecule is CC(C)(C)OC(=O)N1CCCC(C)(C(=O)Nc2ccc(Cl)cc2)C1.CC(C)(C)OC(=O)N1CCCC(C)(C(=O)O)C1.Nc1ccc(Cl)cc1. The van der Waals surface area contributed by atoms with Crippen molar-refractivity contribution in [3.8, 4) is 0 Å². The van der Waals surface area contributed by atoms with E-state index in [0.717, 1.165) is 23.6 Å². The minimum absolute atomic E-state index is 0.0990. The Balaban J connectivity index is 0.000000288. The number of benzene rings is 2. The topological polar surface area (TPSA) is 152 Å². The molecular weight excluding hydrogens is 671 g/mol. The van der Waals surface area contributed by atoms with Gasteiger partial charge in [0.1, 0.15) is 11.2 Å². The molecule has 2 heterocycles. The molecule has 0 saturated carbocycles. The van der Waals surface area contributed by atoms with Crippen LogP contribution in [-0.4, -0.2) is 76.4 Å². The van der Waals surface area contributed by atoms with Crippen molar-refractivity contribution in [2.24, 2.45) is 10.8 Å². The number of rotatable bonds is 3. The van der Waals surface area contributed by atoms with E-state index < -0.39 is 34.1 Å². The predicted octanol–water partition coefficient (Wildman–Crippen LogP) is 8.35. The highest BCUT2D eigenvalue weighted by Crippen LogP contribution is 2.32. The Kier molecular flexibility index (Phi) is 14.6. The molecule has 4 rings (SSSR count). The fourth-order valence-corrected chi connectivity index (χ4v) is 5.33. The number of hydrogen-bond acceptors (Lipinski definition) is 7. The van der Waals surface area contributed by atoms with Crippen LogP contribution in [0.3, 0.4) is 0 Å². The largest absolute Gasteiger partial charge is 0.481 e. The molecule has 0 aromatic heterocycles. The lowest BCUT2D eigenvalue weighted by atomic mass is 9.81. The zero-order valence-corrected chi connectivity index (χ0v) is 31.4. The third-order valence-electron chi connectivity index (χ3n) is 7.73. The van der Waals surface area contributed by atoms with Crippen LogP contribution in [0.2, 0.25) is 10.0 Å². The number of aliphatic carboxylic acids is 1. The molecular formula is C36H52Cl2N4O7. The summed E-state index contributed by atoms with van der Waals surface area (Å²) in [6, 6.07) is 14.0. The summed E-state index contributed by atoms with van der Waals surface area (Å²) in [5, 5.41) is 13.4. The van der Waals surface area contributed by atoms with Crippen molar-refractivity contribution in [3.63, 3.8) is 0 Å². The van der Waals surface area contributed by atoms with E-state index in [-0.39, 0.29) is 18.5 Å². The van der Waals surface area contributed by atoms with Gasteiger partial charge in [-0.1, -0.05) is 23.2 Å². The van der Waals surface area contributed by atoms with E-state index in [9.17, 15) is 19.2 Å². The first-order chi connectivity index (χ1) is 22.5. The number of amides is 3. The zero-order chi connectivity index (χ0) is 37.2. The molecule has 2 aliphatic rings. The van der Waals surface area contributed by atoms with E-state index in [1.807, 2.05) is 27.7 Å². The predicted molar refractivity (Wildman–Crippen MR) is 194 cm³/mol. The number of hydrogen-bond donors (Lipinski definition) is 3. The minimum atomic E-state index is -0.856. The minimum Gasteiger partial charge on any atom is -0.481 e. The van der Waals surface area contributed by atoms with Crippen LogP contribution in [0.1, 0.15) is 81.1 Å². The van der Waals surface area contributed by atoms with Crippen molar-refractivity contribution < 1.29 is 33.8 Å². The molecule has 2 fully saturated rings. The summed E-state index contributed by atoms with van der Waals surface area (Å²) < 4.78 is 10.7. The smallest absolute Gasteiger partial charge is 0.410 e. The van der Waals surface area contributed by atoms with Crippen molar-refractivity contribution in [3.05, 3.63) is 58.6 Å². The fourth-order valence-electron chi connectivity index (χ4n) is 5.08. The lowest BCUT2D eigenvalue weighted by Crippen LogP contribution is -2.51. The fraction of sp³-hybridized carbons (Fsp3) is 0.556. The Morgan fingerprint density at radius 3 is 1.51 bits per heavy atom. The number of nitrogens with two attached hydrogens (primary N) is 1. The molecule has 13 heteroatoms. The Bertz CT molecular complexity index is 1400. The van der Waals surface area contributed by atoms with Crippen molar-refractivity contribution in [2.45, 2.75) is 92.3 Å². The van der Waals surface area contributed by atoms with Gasteiger partial charge in [-0.15, -0.1) is 0 Å². The molecule has 0 spiro atoms. The third kappa shape index (κ3) is 14.4. The molecule has 0 radical (unpaired) electrons. The first-order valence-electron chi connectivity index (χ1n) is 16.3. The maximum Gasteiger partial charge on any atom is 0.410 e. The van der Waals surface area contributed by atoms with Crippen LogP contribution in [0.15, 0.2) is 48.5 Å². The Labute approximate surface area is 300 Å². The molecule has 2 aromatic rings. The maximum atomic E-state index is 12.7. The van der Waals surface area contributed by atoms with Gasteiger partial charge in [-0.2, -0.15) is 0 Å². The molecule has 4 N–H and O–H groups in total. The molecule has 2 aromatic carbocycles. The van der Waals surface area contributed by atoms with Gasteiger partial charge in [0.15, 0.2) is 0 Å². The molecule has 49 heavy (non-hydrogen) atoms. The highest BCUT2D eigenvalue weighted by molar-refractivity contribution is 6.30. The van der Waals surface area contributed by atoms with Gasteiger partial charge >= 0.3 is 18.2 Å². The van der Waals surface area contributed by atoms with Gasteiger partial charge in [-0.05, 0) is 130 Å². The first-order valence-corrected chi connectivity index (χ1v) is 17.0. The van der Waals surface area contributed by atoms with Crippen LogP contribution in [0.4, 0.5) is 21.0 Å². The molecule has 0 aliphatic carbocycles. The van der Waals surface area contributed by atoms with Crippen molar-refractivity contribution in [2.75, 3.05) is 37.2 Å². The van der Waals surface area contributed by atoms with Gasteiger partial charge in [0.2, 0.25) is 5.91 Å². The number of carbonyl (C=O) groups is 4. The van der Waals surface area contributed by atoms with Gasteiger partial charge in [0.25, 0.3) is 0 Å². The van der Waals surface area contributed by atoms with Crippen LogP contribution in [0.25, 0.3) is 0 Å². The quantitative estimate of drug-likeness (QED) is 0.268. The monoisotopic (exact) mass is 722 g/mol. The van der Waals surface area contributed by atoms with E-state index in [1.54, 1.807) is 81.1 Å². The summed E-state index contributed by atoms with van der Waals surface area (Å²) in [5.74, 6) is -0.955. The van der Waals surface area contributed by atoms with E-state index in [2.05, 4.69) is 5.32 Å². The summed E-state index contributed by atoms with van der Waals surface area (Å²) in [6.45, 7) is 16.2. The Hall–Kier alpha value is -3.70. The lowest BCUT2D eigenvalue weighted by Gasteiger charge is -2.39. The van der Waals surface area contributed by atoms with E-state index in [0.29, 0.717) is 43.2 Å². The van der Waals surface area contributed by atoms with Crippen LogP contribution < -0.4 is 11.1 Å². The number of piperidine rings is 2. The van der Waals surface area contributed by atoms with Gasteiger partial charge < -0.3 is 35.4 Å². The van der Waals surface area contributed by atoms with Crippen molar-refractivity contribution >= 4 is 58.6 Å². The second kappa shape index (κ2) is 17.3. The molecule has 3 amide bonds. The summed E-state index contributed by atoms with van der Waals surface area (Å²) >= 11 is 11.4. The number of ether oxygens (including phenoxy) is 2. The average Bonchev–Trinajstić information content (AvgIpc) is 2.99. The van der Waals surface area contributed by atoms with Crippen molar-refractivity contribution in [1.29, 1.82) is 0 Å². The summed E-state index contributed by atoms with van der Waals surface area (Å²) in [7, 11) is 0. The average molecular weight is 724 g/mol. The highest BCUT2D eigenvalue weighted by Gasteiger charge is 2.41. The van der Waals surface area contributed by atoms with Gasteiger partial charge in [-0.25, -0.2) is 9.59 Å². The molecule has 2 atom stereocenters. The van der Waals surface area contributed by atoms with E-state index >= 15 is 0 Å². The standard InChI is InChI=1S/C18H25ClN2O3.C12H21NO4.C6H6ClN/c1-17(2,3)24-16(23)21-11-5-10-18(4,12-21)15(22)20-14-8-6-13(19)7-9-14;1-11(2,3)17-10(16)13-7-5-6-12(4,8-13)9(14)15;7-5-1-3-6(8)4-2-5/h6-9H,5,10-12H2,1-4H3,(H,20,22);5-8H2,1-4H3,(H,14,15);1-4H,8H2. The van der Waals surface area contributed by atoms with Crippen LogP contribution in [0, 0.1) is 10.8 Å². The number of carboxylic acids is 1. The molecule has 11 nitrogen and oxygen atoms in total. The first kappa shape index (κ1) is 41.5.